The summed E-state index contributed by atoms with van der Waals surface area (Å²) >= 11 is 0. The van der Waals surface area contributed by atoms with Gasteiger partial charge in [-0.05, 0) is 31.0 Å². The third-order valence-corrected chi connectivity index (χ3v) is 2.77. The van der Waals surface area contributed by atoms with Crippen molar-refractivity contribution in [3.63, 3.8) is 0 Å². The fraction of sp³-hybridized carbons (Fsp3) is 0.429. The van der Waals surface area contributed by atoms with Gasteiger partial charge >= 0.3 is 12.1 Å². The van der Waals surface area contributed by atoms with Crippen LogP contribution in [-0.2, 0) is 11.2 Å². The van der Waals surface area contributed by atoms with Crippen molar-refractivity contribution in [2.75, 3.05) is 0 Å². The number of rotatable bonds is 6. The topological polar surface area (TPSA) is 66.4 Å². The number of carboxylic acid groups (broad SMARTS) is 1. The smallest absolute Gasteiger partial charge is 0.389 e. The summed E-state index contributed by atoms with van der Waals surface area (Å²) in [6, 6.07) is 5.24. The van der Waals surface area contributed by atoms with Crippen LogP contribution in [0.25, 0.3) is 0 Å². The Morgan fingerprint density at radius 1 is 1.24 bits per heavy atom. The number of halogens is 3. The number of aryl methyl sites for hydroxylation is 1. The number of hydrogen-bond donors (Lipinski definition) is 2. The zero-order valence-electron chi connectivity index (χ0n) is 11.4. The van der Waals surface area contributed by atoms with E-state index < -0.39 is 30.5 Å². The van der Waals surface area contributed by atoms with Crippen LogP contribution in [0.2, 0.25) is 0 Å². The molecule has 0 heterocycles. The third-order valence-electron chi connectivity index (χ3n) is 2.77. The normalized spacial score (nSPS) is 12.8. The summed E-state index contributed by atoms with van der Waals surface area (Å²) in [6.45, 7) is 1.56. The monoisotopic (exact) mass is 303 g/mol. The summed E-state index contributed by atoms with van der Waals surface area (Å²) in [5.41, 5.74) is 0.769. The third kappa shape index (κ3) is 6.78. The average Bonchev–Trinajstić information content (AvgIpc) is 2.35. The Morgan fingerprint density at radius 3 is 2.29 bits per heavy atom. The number of amides is 1. The molecule has 116 valence electrons. The van der Waals surface area contributed by atoms with Crippen molar-refractivity contribution in [1.82, 2.24) is 5.32 Å². The summed E-state index contributed by atoms with van der Waals surface area (Å²) in [4.78, 5) is 22.3. The lowest BCUT2D eigenvalue weighted by Gasteiger charge is -2.12. The highest BCUT2D eigenvalue weighted by Crippen LogP contribution is 2.22. The number of carbonyl (C=O) groups excluding carboxylic acids is 1. The Labute approximate surface area is 120 Å². The van der Waals surface area contributed by atoms with Crippen LogP contribution >= 0.6 is 0 Å². The van der Waals surface area contributed by atoms with Crippen LogP contribution in [0.1, 0.15) is 35.7 Å². The van der Waals surface area contributed by atoms with Crippen molar-refractivity contribution in [2.24, 2.45) is 0 Å². The molecule has 0 spiro atoms. The van der Waals surface area contributed by atoms with Crippen molar-refractivity contribution in [3.05, 3.63) is 35.4 Å². The first-order chi connectivity index (χ1) is 9.67. The highest BCUT2D eigenvalue weighted by molar-refractivity contribution is 5.94. The minimum Gasteiger partial charge on any atom is -0.481 e. The van der Waals surface area contributed by atoms with E-state index in [0.717, 1.165) is 0 Å². The molecule has 1 unspecified atom stereocenters. The largest absolute Gasteiger partial charge is 0.481 e. The molecule has 21 heavy (non-hydrogen) atoms. The number of aliphatic carboxylic acids is 1. The van der Waals surface area contributed by atoms with E-state index in [0.29, 0.717) is 5.56 Å². The van der Waals surface area contributed by atoms with Gasteiger partial charge in [-0.3, -0.25) is 9.59 Å². The molecule has 0 saturated carbocycles. The van der Waals surface area contributed by atoms with Crippen LogP contribution in [0.3, 0.4) is 0 Å². The number of alkyl halides is 3. The molecule has 0 radical (unpaired) electrons. The zero-order valence-corrected chi connectivity index (χ0v) is 11.4. The molecule has 0 saturated heterocycles. The summed E-state index contributed by atoms with van der Waals surface area (Å²) in [7, 11) is 0. The summed E-state index contributed by atoms with van der Waals surface area (Å²) in [5.74, 6) is -1.48. The molecule has 4 nitrogen and oxygen atoms in total. The number of hydrogen-bond acceptors (Lipinski definition) is 2. The number of nitrogens with one attached hydrogen (secondary N) is 1. The Hall–Kier alpha value is -2.05. The van der Waals surface area contributed by atoms with Gasteiger partial charge in [0.15, 0.2) is 0 Å². The Morgan fingerprint density at radius 2 is 1.81 bits per heavy atom. The van der Waals surface area contributed by atoms with Gasteiger partial charge in [-0.1, -0.05) is 12.1 Å². The van der Waals surface area contributed by atoms with E-state index >= 15 is 0 Å². The fourth-order valence-electron chi connectivity index (χ4n) is 1.73. The molecule has 0 aliphatic rings. The minimum absolute atomic E-state index is 0.138. The van der Waals surface area contributed by atoms with Crippen molar-refractivity contribution < 1.29 is 27.9 Å². The van der Waals surface area contributed by atoms with E-state index in [1.165, 1.54) is 24.3 Å². The molecule has 2 N–H and O–H groups in total. The van der Waals surface area contributed by atoms with Gasteiger partial charge in [0.25, 0.3) is 5.91 Å². The van der Waals surface area contributed by atoms with Crippen LogP contribution in [0.15, 0.2) is 24.3 Å². The first-order valence-corrected chi connectivity index (χ1v) is 6.36. The van der Waals surface area contributed by atoms with Gasteiger partial charge in [-0.15, -0.1) is 0 Å². The molecule has 1 rings (SSSR count). The maximum Gasteiger partial charge on any atom is 0.389 e. The zero-order chi connectivity index (χ0) is 16.0. The molecule has 7 heteroatoms. The van der Waals surface area contributed by atoms with E-state index in [1.54, 1.807) is 6.92 Å². The summed E-state index contributed by atoms with van der Waals surface area (Å²) in [6.07, 6.45) is -5.45. The van der Waals surface area contributed by atoms with Gasteiger partial charge in [0.1, 0.15) is 0 Å². The highest BCUT2D eigenvalue weighted by atomic mass is 19.4. The molecular formula is C14H16F3NO3. The second kappa shape index (κ2) is 7.10. The second-order valence-corrected chi connectivity index (χ2v) is 4.78. The Kier molecular flexibility index (Phi) is 5.75. The van der Waals surface area contributed by atoms with E-state index in [2.05, 4.69) is 5.32 Å². The SMILES string of the molecule is CC(CC(=O)O)NC(=O)c1ccc(CCC(F)(F)F)cc1. The van der Waals surface area contributed by atoms with E-state index in [9.17, 15) is 22.8 Å². The fourth-order valence-corrected chi connectivity index (χ4v) is 1.73. The van der Waals surface area contributed by atoms with Crippen LogP contribution < -0.4 is 5.32 Å². The van der Waals surface area contributed by atoms with Gasteiger partial charge in [-0.2, -0.15) is 13.2 Å². The van der Waals surface area contributed by atoms with E-state index in [1.807, 2.05) is 0 Å². The lowest BCUT2D eigenvalue weighted by Crippen LogP contribution is -2.34. The molecule has 0 bridgehead atoms. The quantitative estimate of drug-likeness (QED) is 0.849. The lowest BCUT2D eigenvalue weighted by molar-refractivity contribution is -0.137. The first-order valence-electron chi connectivity index (χ1n) is 6.36. The predicted octanol–water partition coefficient (Wildman–Crippen LogP) is 2.77. The van der Waals surface area contributed by atoms with Crippen LogP contribution in [0.4, 0.5) is 13.2 Å². The molecule has 0 fully saturated rings. The van der Waals surface area contributed by atoms with Gasteiger partial charge in [0.2, 0.25) is 0 Å². The average molecular weight is 303 g/mol. The molecule has 1 aromatic rings. The Bertz CT molecular complexity index is 497. The van der Waals surface area contributed by atoms with Gasteiger partial charge < -0.3 is 10.4 Å². The van der Waals surface area contributed by atoms with Gasteiger partial charge in [0.05, 0.1) is 6.42 Å². The second-order valence-electron chi connectivity index (χ2n) is 4.78. The minimum atomic E-state index is -4.21. The van der Waals surface area contributed by atoms with Gasteiger partial charge in [-0.25, -0.2) is 0 Å². The van der Waals surface area contributed by atoms with Crippen LogP contribution in [0.5, 0.6) is 0 Å². The maximum absolute atomic E-state index is 12.1. The highest BCUT2D eigenvalue weighted by Gasteiger charge is 2.26. The van der Waals surface area contributed by atoms with Crippen molar-refractivity contribution in [1.29, 1.82) is 0 Å². The molecule has 1 aromatic carbocycles. The molecular weight excluding hydrogens is 287 g/mol. The summed E-state index contributed by atoms with van der Waals surface area (Å²) < 4.78 is 36.3. The summed E-state index contributed by atoms with van der Waals surface area (Å²) in [5, 5.41) is 11.1. The van der Waals surface area contributed by atoms with Crippen molar-refractivity contribution >= 4 is 11.9 Å². The molecule has 1 atom stereocenters. The van der Waals surface area contributed by atoms with Crippen molar-refractivity contribution in [3.8, 4) is 0 Å². The van der Waals surface area contributed by atoms with Gasteiger partial charge in [0, 0.05) is 18.0 Å². The molecule has 0 aliphatic carbocycles. The maximum atomic E-state index is 12.1. The Balaban J connectivity index is 2.57. The molecule has 0 aromatic heterocycles. The number of benzene rings is 1. The van der Waals surface area contributed by atoms with Crippen LogP contribution in [-0.4, -0.2) is 29.2 Å². The standard InChI is InChI=1S/C14H16F3NO3/c1-9(8-12(19)20)18-13(21)11-4-2-10(3-5-11)6-7-14(15,16)17/h2-5,9H,6-8H2,1H3,(H,18,21)(H,19,20). The molecule has 1 amide bonds. The van der Waals surface area contributed by atoms with Crippen LogP contribution in [0, 0.1) is 0 Å². The first kappa shape index (κ1) is 17.0. The van der Waals surface area contributed by atoms with E-state index in [-0.39, 0.29) is 18.4 Å². The van der Waals surface area contributed by atoms with E-state index in [4.69, 9.17) is 5.11 Å². The number of carboxylic acids is 1. The van der Waals surface area contributed by atoms with Crippen molar-refractivity contribution in [2.45, 2.75) is 38.4 Å². The lowest BCUT2D eigenvalue weighted by atomic mass is 10.1. The molecule has 0 aliphatic heterocycles. The number of carbonyl (C=O) groups is 2. The predicted molar refractivity (Wildman–Crippen MR) is 70.0 cm³/mol.